The van der Waals surface area contributed by atoms with Gasteiger partial charge in [0.1, 0.15) is 23.8 Å². The number of aryl methyl sites for hydroxylation is 1. The van der Waals surface area contributed by atoms with Crippen LogP contribution < -0.4 is 5.32 Å². The van der Waals surface area contributed by atoms with Crippen LogP contribution in [-0.4, -0.2) is 65.3 Å². The van der Waals surface area contributed by atoms with Crippen LogP contribution >= 0.6 is 0 Å². The molecule has 0 amide bonds. The Morgan fingerprint density at radius 3 is 2.42 bits per heavy atom. The molecule has 9 heteroatoms. The Balaban J connectivity index is 2.10. The quantitative estimate of drug-likeness (QED) is 0.619. The predicted molar refractivity (Wildman–Crippen MR) is 96.6 cm³/mol. The highest BCUT2D eigenvalue weighted by atomic mass is 19.1. The van der Waals surface area contributed by atoms with Crippen LogP contribution in [0.15, 0.2) is 29.5 Å². The molecule has 0 aliphatic carbocycles. The molecule has 1 N–H and O–H groups in total. The van der Waals surface area contributed by atoms with Crippen molar-refractivity contribution in [3.8, 4) is 0 Å². The van der Waals surface area contributed by atoms with Crippen LogP contribution in [0.3, 0.4) is 0 Å². The standard InChI is InChI=1S/C17H25F2N7/c1-20-17(25(4)10-15-22-11-23-26(15)5)21-9-14(24(2)3)16-12(18)7-6-8-13(16)19/h6-8,11,14H,9-10H2,1-5H3,(H,20,21). The Morgan fingerprint density at radius 2 is 1.92 bits per heavy atom. The Kier molecular flexibility index (Phi) is 6.62. The first-order valence-corrected chi connectivity index (χ1v) is 8.20. The van der Waals surface area contributed by atoms with Crippen molar-refractivity contribution < 1.29 is 8.78 Å². The molecule has 0 fully saturated rings. The summed E-state index contributed by atoms with van der Waals surface area (Å²) in [6.07, 6.45) is 1.49. The zero-order valence-corrected chi connectivity index (χ0v) is 15.7. The number of nitrogens with zero attached hydrogens (tertiary/aromatic N) is 6. The number of nitrogens with one attached hydrogen (secondary N) is 1. The van der Waals surface area contributed by atoms with Crippen molar-refractivity contribution in [3.63, 3.8) is 0 Å². The lowest BCUT2D eigenvalue weighted by Crippen LogP contribution is -2.43. The predicted octanol–water partition coefficient (Wildman–Crippen LogP) is 1.40. The molecular formula is C17H25F2N7. The lowest BCUT2D eigenvalue weighted by molar-refractivity contribution is 0.280. The molecule has 0 saturated heterocycles. The van der Waals surface area contributed by atoms with Gasteiger partial charge in [-0.05, 0) is 26.2 Å². The minimum Gasteiger partial charge on any atom is -0.354 e. The van der Waals surface area contributed by atoms with Crippen LogP contribution in [0.25, 0.3) is 0 Å². The number of aromatic nitrogens is 3. The van der Waals surface area contributed by atoms with Gasteiger partial charge in [-0.15, -0.1) is 0 Å². The van der Waals surface area contributed by atoms with Crippen LogP contribution in [0.2, 0.25) is 0 Å². The highest BCUT2D eigenvalue weighted by Crippen LogP contribution is 2.23. The summed E-state index contributed by atoms with van der Waals surface area (Å²) in [4.78, 5) is 12.1. The number of aliphatic imine (C=N–C) groups is 1. The normalized spacial score (nSPS) is 13.2. The second-order valence-corrected chi connectivity index (χ2v) is 6.20. The lowest BCUT2D eigenvalue weighted by atomic mass is 10.0. The van der Waals surface area contributed by atoms with E-state index in [1.54, 1.807) is 30.7 Å². The van der Waals surface area contributed by atoms with Gasteiger partial charge in [0.05, 0.1) is 12.6 Å². The number of benzene rings is 1. The average molecular weight is 365 g/mol. The summed E-state index contributed by atoms with van der Waals surface area (Å²) in [6.45, 7) is 0.789. The van der Waals surface area contributed by atoms with Crippen LogP contribution in [0.1, 0.15) is 17.4 Å². The minimum absolute atomic E-state index is 0.0383. The van der Waals surface area contributed by atoms with Crippen LogP contribution in [0.5, 0.6) is 0 Å². The summed E-state index contributed by atoms with van der Waals surface area (Å²) in [6, 6.07) is 3.41. The molecule has 1 heterocycles. The fraction of sp³-hybridized carbons (Fsp3) is 0.471. The van der Waals surface area contributed by atoms with Crippen molar-refractivity contribution in [1.82, 2.24) is 29.9 Å². The first-order valence-electron chi connectivity index (χ1n) is 8.20. The molecule has 2 rings (SSSR count). The Morgan fingerprint density at radius 1 is 1.27 bits per heavy atom. The Labute approximate surface area is 152 Å². The fourth-order valence-electron chi connectivity index (χ4n) is 2.69. The third-order valence-electron chi connectivity index (χ3n) is 4.17. The number of hydrogen-bond donors (Lipinski definition) is 1. The summed E-state index contributed by atoms with van der Waals surface area (Å²) < 4.78 is 30.0. The van der Waals surface area contributed by atoms with E-state index in [9.17, 15) is 8.78 Å². The van der Waals surface area contributed by atoms with E-state index in [0.29, 0.717) is 19.0 Å². The van der Waals surface area contributed by atoms with Crippen LogP contribution in [0.4, 0.5) is 8.78 Å². The van der Waals surface area contributed by atoms with Crippen LogP contribution in [-0.2, 0) is 13.6 Å². The van der Waals surface area contributed by atoms with Gasteiger partial charge in [0.2, 0.25) is 0 Å². The minimum atomic E-state index is -0.562. The summed E-state index contributed by atoms with van der Waals surface area (Å²) in [7, 11) is 8.89. The zero-order chi connectivity index (χ0) is 19.3. The molecule has 142 valence electrons. The number of likely N-dealkylation sites (N-methyl/N-ethyl adjacent to an activating group) is 1. The molecule has 0 aliphatic rings. The number of rotatable bonds is 6. The number of halogens is 2. The molecule has 1 atom stereocenters. The lowest BCUT2D eigenvalue weighted by Gasteiger charge is -2.28. The van der Waals surface area contributed by atoms with E-state index in [1.165, 1.54) is 24.5 Å². The Bertz CT molecular complexity index is 737. The highest BCUT2D eigenvalue weighted by Gasteiger charge is 2.23. The smallest absolute Gasteiger partial charge is 0.193 e. The first-order chi connectivity index (χ1) is 12.3. The molecular weight excluding hydrogens is 340 g/mol. The zero-order valence-electron chi connectivity index (χ0n) is 15.7. The SMILES string of the molecule is CN=C(NCC(c1c(F)cccc1F)N(C)C)N(C)Cc1ncnn1C. The van der Waals surface area contributed by atoms with Crippen molar-refractivity contribution in [2.75, 3.05) is 34.7 Å². The highest BCUT2D eigenvalue weighted by molar-refractivity contribution is 5.79. The molecule has 2 aromatic rings. The second kappa shape index (κ2) is 8.70. The summed E-state index contributed by atoms with van der Waals surface area (Å²) in [5.74, 6) is 0.247. The third kappa shape index (κ3) is 4.54. The molecule has 0 bridgehead atoms. The van der Waals surface area contributed by atoms with Crippen molar-refractivity contribution in [2.24, 2.45) is 12.0 Å². The second-order valence-electron chi connectivity index (χ2n) is 6.20. The van der Waals surface area contributed by atoms with E-state index in [-0.39, 0.29) is 5.56 Å². The summed E-state index contributed by atoms with van der Waals surface area (Å²) >= 11 is 0. The van der Waals surface area contributed by atoms with E-state index in [0.717, 1.165) is 5.82 Å². The van der Waals surface area contributed by atoms with Gasteiger partial charge in [-0.3, -0.25) is 9.67 Å². The van der Waals surface area contributed by atoms with Gasteiger partial charge in [0, 0.05) is 33.3 Å². The molecule has 0 radical (unpaired) electrons. The first kappa shape index (κ1) is 19.8. The van der Waals surface area contributed by atoms with E-state index in [1.807, 2.05) is 19.0 Å². The van der Waals surface area contributed by atoms with Gasteiger partial charge >= 0.3 is 0 Å². The van der Waals surface area contributed by atoms with E-state index < -0.39 is 17.7 Å². The molecule has 7 nitrogen and oxygen atoms in total. The van der Waals surface area contributed by atoms with Gasteiger partial charge in [0.15, 0.2) is 5.96 Å². The van der Waals surface area contributed by atoms with Gasteiger partial charge in [0.25, 0.3) is 0 Å². The average Bonchev–Trinajstić information content (AvgIpc) is 2.98. The molecule has 26 heavy (non-hydrogen) atoms. The Hall–Kier alpha value is -2.55. The number of hydrogen-bond acceptors (Lipinski definition) is 4. The molecule has 0 aliphatic heterocycles. The van der Waals surface area contributed by atoms with E-state index in [4.69, 9.17) is 0 Å². The third-order valence-corrected chi connectivity index (χ3v) is 4.17. The van der Waals surface area contributed by atoms with Gasteiger partial charge in [-0.25, -0.2) is 13.8 Å². The number of guanidine groups is 1. The van der Waals surface area contributed by atoms with Gasteiger partial charge in [-0.2, -0.15) is 5.10 Å². The van der Waals surface area contributed by atoms with E-state index >= 15 is 0 Å². The maximum Gasteiger partial charge on any atom is 0.193 e. The molecule has 0 saturated carbocycles. The van der Waals surface area contributed by atoms with Gasteiger partial charge in [-0.1, -0.05) is 6.07 Å². The topological polar surface area (TPSA) is 61.6 Å². The molecule has 1 aromatic heterocycles. The van der Waals surface area contributed by atoms with Crippen LogP contribution in [0, 0.1) is 11.6 Å². The molecule has 0 spiro atoms. The van der Waals surface area contributed by atoms with Crippen molar-refractivity contribution in [3.05, 3.63) is 47.5 Å². The fourth-order valence-corrected chi connectivity index (χ4v) is 2.69. The van der Waals surface area contributed by atoms with Gasteiger partial charge < -0.3 is 15.1 Å². The van der Waals surface area contributed by atoms with E-state index in [2.05, 4.69) is 20.4 Å². The summed E-state index contributed by atoms with van der Waals surface area (Å²) in [5, 5.41) is 7.22. The maximum absolute atomic E-state index is 14.2. The molecule has 1 unspecified atom stereocenters. The van der Waals surface area contributed by atoms with Crippen molar-refractivity contribution >= 4 is 5.96 Å². The monoisotopic (exact) mass is 365 g/mol. The van der Waals surface area contributed by atoms with Crippen molar-refractivity contribution in [1.29, 1.82) is 0 Å². The van der Waals surface area contributed by atoms with Crippen molar-refractivity contribution in [2.45, 2.75) is 12.6 Å². The largest absolute Gasteiger partial charge is 0.354 e. The maximum atomic E-state index is 14.2. The summed E-state index contributed by atoms with van der Waals surface area (Å²) in [5.41, 5.74) is 0.0383. The molecule has 1 aromatic carbocycles.